The van der Waals surface area contributed by atoms with Crippen molar-refractivity contribution in [2.24, 2.45) is 17.8 Å². The van der Waals surface area contributed by atoms with E-state index in [0.29, 0.717) is 17.7 Å². The zero-order valence-electron chi connectivity index (χ0n) is 9.80. The van der Waals surface area contributed by atoms with Crippen molar-refractivity contribution in [1.29, 1.82) is 0 Å². The van der Waals surface area contributed by atoms with E-state index in [1.807, 2.05) is 0 Å². The summed E-state index contributed by atoms with van der Waals surface area (Å²) in [6.45, 7) is 0. The number of aromatic nitrogens is 1. The average molecular weight is 246 g/mol. The minimum absolute atomic E-state index is 0.0141. The minimum Gasteiger partial charge on any atom is -0.478 e. The first-order chi connectivity index (χ1) is 8.66. The Morgan fingerprint density at radius 1 is 1.33 bits per heavy atom. The molecular formula is C13H14N2O3. The number of carboxylic acids is 1. The normalized spacial score (nSPS) is 28.6. The quantitative estimate of drug-likeness (QED) is 0.851. The summed E-state index contributed by atoms with van der Waals surface area (Å²) in [7, 11) is 0. The lowest BCUT2D eigenvalue weighted by Crippen LogP contribution is -2.17. The van der Waals surface area contributed by atoms with E-state index in [1.165, 1.54) is 24.8 Å². The number of carbonyl (C=O) groups excluding carboxylic acids is 1. The van der Waals surface area contributed by atoms with E-state index < -0.39 is 5.97 Å². The zero-order chi connectivity index (χ0) is 12.7. The summed E-state index contributed by atoms with van der Waals surface area (Å²) in [5.74, 6) is 0.509. The van der Waals surface area contributed by atoms with Crippen molar-refractivity contribution in [2.75, 3.05) is 5.32 Å². The third kappa shape index (κ3) is 1.85. The van der Waals surface area contributed by atoms with Crippen molar-refractivity contribution < 1.29 is 14.7 Å². The lowest BCUT2D eigenvalue weighted by Gasteiger charge is -2.06. The standard InChI is InChI=1S/C13H14N2O3/c16-12(11-8-2-1-3-9(8)11)15-10-6-7(13(17)18)4-5-14-10/h4-6,8-9,11H,1-3H2,(H,17,18)(H,14,15,16). The van der Waals surface area contributed by atoms with E-state index in [4.69, 9.17) is 5.11 Å². The Kier molecular flexibility index (Phi) is 2.54. The van der Waals surface area contributed by atoms with Crippen molar-refractivity contribution >= 4 is 17.7 Å². The van der Waals surface area contributed by atoms with Crippen LogP contribution in [0.15, 0.2) is 18.3 Å². The first-order valence-corrected chi connectivity index (χ1v) is 6.17. The highest BCUT2D eigenvalue weighted by Crippen LogP contribution is 2.57. The largest absolute Gasteiger partial charge is 0.478 e. The van der Waals surface area contributed by atoms with Gasteiger partial charge in [0.1, 0.15) is 5.82 Å². The fourth-order valence-corrected chi connectivity index (χ4v) is 3.05. The smallest absolute Gasteiger partial charge is 0.335 e. The van der Waals surface area contributed by atoms with Gasteiger partial charge in [-0.25, -0.2) is 9.78 Å². The maximum absolute atomic E-state index is 12.0. The summed E-state index contributed by atoms with van der Waals surface area (Å²) in [6.07, 6.45) is 4.91. The van der Waals surface area contributed by atoms with Gasteiger partial charge < -0.3 is 10.4 Å². The Bertz CT molecular complexity index is 505. The summed E-state index contributed by atoms with van der Waals surface area (Å²) >= 11 is 0. The molecule has 2 atom stereocenters. The molecule has 2 N–H and O–H groups in total. The molecule has 18 heavy (non-hydrogen) atoms. The Morgan fingerprint density at radius 2 is 2.06 bits per heavy atom. The number of amides is 1. The van der Waals surface area contributed by atoms with Crippen LogP contribution in [0.4, 0.5) is 5.82 Å². The molecule has 5 heteroatoms. The molecule has 1 amide bonds. The number of carboxylic acid groups (broad SMARTS) is 1. The molecule has 2 unspecified atom stereocenters. The van der Waals surface area contributed by atoms with E-state index in [2.05, 4.69) is 10.3 Å². The van der Waals surface area contributed by atoms with Crippen LogP contribution < -0.4 is 5.32 Å². The van der Waals surface area contributed by atoms with E-state index in [9.17, 15) is 9.59 Å². The van der Waals surface area contributed by atoms with Gasteiger partial charge in [0, 0.05) is 12.1 Å². The van der Waals surface area contributed by atoms with Crippen molar-refractivity contribution in [3.05, 3.63) is 23.9 Å². The van der Waals surface area contributed by atoms with Crippen LogP contribution in [-0.4, -0.2) is 22.0 Å². The molecular weight excluding hydrogens is 232 g/mol. The van der Waals surface area contributed by atoms with E-state index in [-0.39, 0.29) is 17.4 Å². The van der Waals surface area contributed by atoms with Crippen molar-refractivity contribution in [3.8, 4) is 0 Å². The van der Waals surface area contributed by atoms with Gasteiger partial charge >= 0.3 is 5.97 Å². The SMILES string of the molecule is O=C(O)c1ccnc(NC(=O)C2C3CCCC32)c1. The van der Waals surface area contributed by atoms with E-state index in [1.54, 1.807) is 0 Å². The summed E-state index contributed by atoms with van der Waals surface area (Å²) < 4.78 is 0. The van der Waals surface area contributed by atoms with Crippen LogP contribution in [0, 0.1) is 17.8 Å². The molecule has 2 aliphatic carbocycles. The van der Waals surface area contributed by atoms with Crippen LogP contribution in [0.3, 0.4) is 0 Å². The summed E-state index contributed by atoms with van der Waals surface area (Å²) in [5, 5.41) is 11.6. The highest BCUT2D eigenvalue weighted by atomic mass is 16.4. The molecule has 2 saturated carbocycles. The maximum atomic E-state index is 12.0. The number of hydrogen-bond acceptors (Lipinski definition) is 3. The molecule has 1 aromatic rings. The number of pyridine rings is 1. The first kappa shape index (κ1) is 11.2. The van der Waals surface area contributed by atoms with Crippen LogP contribution in [-0.2, 0) is 4.79 Å². The number of nitrogens with one attached hydrogen (secondary N) is 1. The molecule has 2 fully saturated rings. The topological polar surface area (TPSA) is 79.3 Å². The maximum Gasteiger partial charge on any atom is 0.335 e. The van der Waals surface area contributed by atoms with Gasteiger partial charge in [0.2, 0.25) is 5.91 Å². The van der Waals surface area contributed by atoms with Gasteiger partial charge in [-0.15, -0.1) is 0 Å². The van der Waals surface area contributed by atoms with Crippen molar-refractivity contribution in [3.63, 3.8) is 0 Å². The Hall–Kier alpha value is -1.91. The third-order valence-electron chi connectivity index (χ3n) is 3.97. The summed E-state index contributed by atoms with van der Waals surface area (Å²) in [5.41, 5.74) is 0.135. The van der Waals surface area contributed by atoms with Gasteiger partial charge in [0.15, 0.2) is 0 Å². The Balaban J connectivity index is 1.67. The van der Waals surface area contributed by atoms with Crippen LogP contribution in [0.1, 0.15) is 29.6 Å². The van der Waals surface area contributed by atoms with Crippen molar-refractivity contribution in [1.82, 2.24) is 4.98 Å². The fourth-order valence-electron chi connectivity index (χ4n) is 3.05. The number of anilines is 1. The molecule has 1 aromatic heterocycles. The molecule has 0 saturated heterocycles. The van der Waals surface area contributed by atoms with Crippen LogP contribution in [0.2, 0.25) is 0 Å². The zero-order valence-corrected chi connectivity index (χ0v) is 9.80. The average Bonchev–Trinajstić information content (AvgIpc) is 2.84. The third-order valence-corrected chi connectivity index (χ3v) is 3.97. The van der Waals surface area contributed by atoms with Crippen LogP contribution in [0.25, 0.3) is 0 Å². The summed E-state index contributed by atoms with van der Waals surface area (Å²) in [6, 6.07) is 2.79. The number of carbonyl (C=O) groups is 2. The van der Waals surface area contributed by atoms with E-state index in [0.717, 1.165) is 12.8 Å². The number of fused-ring (bicyclic) bond motifs is 1. The first-order valence-electron chi connectivity index (χ1n) is 6.17. The molecule has 1 heterocycles. The molecule has 5 nitrogen and oxygen atoms in total. The van der Waals surface area contributed by atoms with Crippen LogP contribution in [0.5, 0.6) is 0 Å². The second kappa shape index (κ2) is 4.08. The molecule has 94 valence electrons. The molecule has 0 aromatic carbocycles. The molecule has 3 rings (SSSR count). The highest BCUT2D eigenvalue weighted by molar-refractivity contribution is 5.95. The van der Waals surface area contributed by atoms with Gasteiger partial charge in [-0.05, 0) is 36.8 Å². The van der Waals surface area contributed by atoms with Crippen LogP contribution >= 0.6 is 0 Å². The minimum atomic E-state index is -1.02. The lowest BCUT2D eigenvalue weighted by atomic mass is 10.1. The molecule has 0 radical (unpaired) electrons. The Labute approximate surface area is 104 Å². The lowest BCUT2D eigenvalue weighted by molar-refractivity contribution is -0.118. The molecule has 0 bridgehead atoms. The van der Waals surface area contributed by atoms with Gasteiger partial charge in [0.05, 0.1) is 5.56 Å². The van der Waals surface area contributed by atoms with Gasteiger partial charge in [-0.3, -0.25) is 4.79 Å². The predicted molar refractivity (Wildman–Crippen MR) is 64.1 cm³/mol. The van der Waals surface area contributed by atoms with Gasteiger partial charge in [0.25, 0.3) is 0 Å². The Morgan fingerprint density at radius 3 is 2.72 bits per heavy atom. The fraction of sp³-hybridized carbons (Fsp3) is 0.462. The number of aromatic carboxylic acids is 1. The number of hydrogen-bond donors (Lipinski definition) is 2. The predicted octanol–water partition coefficient (Wildman–Crippen LogP) is 1.76. The second-order valence-electron chi connectivity index (χ2n) is 5.01. The van der Waals surface area contributed by atoms with Crippen molar-refractivity contribution in [2.45, 2.75) is 19.3 Å². The number of rotatable bonds is 3. The monoisotopic (exact) mass is 246 g/mol. The molecule has 0 spiro atoms. The molecule has 2 aliphatic rings. The highest BCUT2D eigenvalue weighted by Gasteiger charge is 2.56. The molecule has 0 aliphatic heterocycles. The van der Waals surface area contributed by atoms with E-state index >= 15 is 0 Å². The second-order valence-corrected chi connectivity index (χ2v) is 5.01. The van der Waals surface area contributed by atoms with Gasteiger partial charge in [-0.1, -0.05) is 6.42 Å². The number of nitrogens with zero attached hydrogens (tertiary/aromatic N) is 1. The van der Waals surface area contributed by atoms with Gasteiger partial charge in [-0.2, -0.15) is 0 Å². The summed E-state index contributed by atoms with van der Waals surface area (Å²) in [4.78, 5) is 26.7.